The maximum Gasteiger partial charge on any atom is 0.249 e. The summed E-state index contributed by atoms with van der Waals surface area (Å²) in [4.78, 5) is 14.8. The smallest absolute Gasteiger partial charge is 0.249 e. The maximum atomic E-state index is 12.8. The fourth-order valence-electron chi connectivity index (χ4n) is 3.14. The zero-order valence-electron chi connectivity index (χ0n) is 14.0. The molecule has 1 aromatic carbocycles. The van der Waals surface area contributed by atoms with E-state index in [9.17, 15) is 4.79 Å². The molecule has 0 aromatic heterocycles. The van der Waals surface area contributed by atoms with Gasteiger partial charge in [-0.05, 0) is 43.9 Å². The SMILES string of the molecule is CC/C=C(/C)C(=O)N1CCCCCC1c1ccc(OC)cc1. The van der Waals surface area contributed by atoms with Crippen molar-refractivity contribution in [2.45, 2.75) is 52.0 Å². The Hall–Kier alpha value is -1.77. The highest BCUT2D eigenvalue weighted by molar-refractivity contribution is 5.93. The lowest BCUT2D eigenvalue weighted by Gasteiger charge is -2.31. The van der Waals surface area contributed by atoms with Crippen LogP contribution in [0.2, 0.25) is 0 Å². The molecule has 3 heteroatoms. The van der Waals surface area contributed by atoms with E-state index < -0.39 is 0 Å². The van der Waals surface area contributed by atoms with Crippen LogP contribution >= 0.6 is 0 Å². The fourth-order valence-corrected chi connectivity index (χ4v) is 3.14. The number of rotatable bonds is 4. The maximum absolute atomic E-state index is 12.8. The Kier molecular flexibility index (Phi) is 6.05. The van der Waals surface area contributed by atoms with Gasteiger partial charge in [0.05, 0.1) is 13.2 Å². The lowest BCUT2D eigenvalue weighted by atomic mass is 10.00. The van der Waals surface area contributed by atoms with Crippen molar-refractivity contribution in [1.29, 1.82) is 0 Å². The molecule has 1 amide bonds. The number of amides is 1. The van der Waals surface area contributed by atoms with Crippen LogP contribution in [0.5, 0.6) is 5.75 Å². The molecule has 1 aromatic rings. The Morgan fingerprint density at radius 2 is 2.00 bits per heavy atom. The molecule has 1 fully saturated rings. The van der Waals surface area contributed by atoms with Gasteiger partial charge in [0.15, 0.2) is 0 Å². The molecule has 1 atom stereocenters. The molecular formula is C19H27NO2. The van der Waals surface area contributed by atoms with Gasteiger partial charge < -0.3 is 9.64 Å². The standard InChI is InChI=1S/C19H27NO2/c1-4-8-15(2)19(21)20-14-7-5-6-9-18(20)16-10-12-17(22-3)13-11-16/h8,10-13,18H,4-7,9,14H2,1-3H3/b15-8-. The molecule has 0 radical (unpaired) electrons. The third-order valence-electron chi connectivity index (χ3n) is 4.36. The summed E-state index contributed by atoms with van der Waals surface area (Å²) in [6.45, 7) is 4.85. The number of methoxy groups -OCH3 is 1. The molecule has 1 aliphatic rings. The third kappa shape index (κ3) is 3.90. The second-order valence-corrected chi connectivity index (χ2v) is 5.93. The van der Waals surface area contributed by atoms with E-state index in [2.05, 4.69) is 24.0 Å². The first-order chi connectivity index (χ1) is 10.7. The lowest BCUT2D eigenvalue weighted by Crippen LogP contribution is -2.35. The minimum absolute atomic E-state index is 0.182. The number of nitrogens with zero attached hydrogens (tertiary/aromatic N) is 1. The Labute approximate surface area is 134 Å². The first-order valence-electron chi connectivity index (χ1n) is 8.29. The van der Waals surface area contributed by atoms with Gasteiger partial charge in [0.1, 0.15) is 5.75 Å². The topological polar surface area (TPSA) is 29.5 Å². The van der Waals surface area contributed by atoms with E-state index in [1.807, 2.05) is 25.1 Å². The van der Waals surface area contributed by atoms with Crippen LogP contribution in [0.4, 0.5) is 0 Å². The summed E-state index contributed by atoms with van der Waals surface area (Å²) in [5.41, 5.74) is 2.07. The minimum atomic E-state index is 0.182. The lowest BCUT2D eigenvalue weighted by molar-refractivity contribution is -0.129. The van der Waals surface area contributed by atoms with Gasteiger partial charge >= 0.3 is 0 Å². The van der Waals surface area contributed by atoms with Gasteiger partial charge in [-0.2, -0.15) is 0 Å². The highest BCUT2D eigenvalue weighted by Crippen LogP contribution is 2.32. The number of allylic oxidation sites excluding steroid dienone is 1. The van der Waals surface area contributed by atoms with E-state index in [-0.39, 0.29) is 11.9 Å². The normalized spacial score (nSPS) is 19.7. The summed E-state index contributed by atoms with van der Waals surface area (Å²) in [6, 6.07) is 8.33. The monoisotopic (exact) mass is 301 g/mol. The number of benzene rings is 1. The Morgan fingerprint density at radius 1 is 1.27 bits per heavy atom. The van der Waals surface area contributed by atoms with E-state index in [0.29, 0.717) is 0 Å². The first kappa shape index (κ1) is 16.6. The third-order valence-corrected chi connectivity index (χ3v) is 4.36. The molecule has 3 nitrogen and oxygen atoms in total. The average molecular weight is 301 g/mol. The quantitative estimate of drug-likeness (QED) is 0.767. The molecule has 0 saturated carbocycles. The van der Waals surface area contributed by atoms with E-state index >= 15 is 0 Å². The van der Waals surface area contributed by atoms with Crippen LogP contribution in [0.15, 0.2) is 35.9 Å². The summed E-state index contributed by atoms with van der Waals surface area (Å²) in [6.07, 6.45) is 7.44. The van der Waals surface area contributed by atoms with Crippen molar-refractivity contribution in [1.82, 2.24) is 4.90 Å². The number of likely N-dealkylation sites (tertiary alicyclic amines) is 1. The summed E-state index contributed by atoms with van der Waals surface area (Å²) in [7, 11) is 1.68. The summed E-state index contributed by atoms with van der Waals surface area (Å²) in [5, 5.41) is 0. The molecule has 2 rings (SSSR count). The Balaban J connectivity index is 2.26. The molecule has 0 N–H and O–H groups in total. The molecule has 1 aliphatic heterocycles. The van der Waals surface area contributed by atoms with Gasteiger partial charge in [-0.3, -0.25) is 4.79 Å². The minimum Gasteiger partial charge on any atom is -0.497 e. The summed E-state index contributed by atoms with van der Waals surface area (Å²) in [5.74, 6) is 1.04. The predicted octanol–water partition coefficient (Wildman–Crippen LogP) is 4.50. The predicted molar refractivity (Wildman–Crippen MR) is 90.0 cm³/mol. The van der Waals surface area contributed by atoms with Gasteiger partial charge in [0.25, 0.3) is 0 Å². The van der Waals surface area contributed by atoms with E-state index in [1.165, 1.54) is 18.4 Å². The zero-order chi connectivity index (χ0) is 15.9. The van der Waals surface area contributed by atoms with Crippen molar-refractivity contribution in [2.24, 2.45) is 0 Å². The zero-order valence-corrected chi connectivity index (χ0v) is 14.0. The molecule has 0 bridgehead atoms. The molecule has 120 valence electrons. The van der Waals surface area contributed by atoms with Crippen LogP contribution in [0.1, 0.15) is 57.6 Å². The number of carbonyl (C=O) groups excluding carboxylic acids is 1. The first-order valence-corrected chi connectivity index (χ1v) is 8.29. The largest absolute Gasteiger partial charge is 0.497 e. The molecule has 0 aliphatic carbocycles. The van der Waals surface area contributed by atoms with Crippen LogP contribution in [0, 0.1) is 0 Å². The summed E-state index contributed by atoms with van der Waals surface area (Å²) >= 11 is 0. The molecular weight excluding hydrogens is 274 g/mol. The second kappa shape index (κ2) is 8.02. The Morgan fingerprint density at radius 3 is 2.64 bits per heavy atom. The molecule has 0 spiro atoms. The number of hydrogen-bond donors (Lipinski definition) is 0. The van der Waals surface area contributed by atoms with Crippen molar-refractivity contribution >= 4 is 5.91 Å². The van der Waals surface area contributed by atoms with Crippen LogP contribution in [0.25, 0.3) is 0 Å². The molecule has 1 saturated heterocycles. The van der Waals surface area contributed by atoms with Crippen LogP contribution in [-0.4, -0.2) is 24.5 Å². The van der Waals surface area contributed by atoms with Crippen molar-refractivity contribution < 1.29 is 9.53 Å². The molecule has 22 heavy (non-hydrogen) atoms. The van der Waals surface area contributed by atoms with E-state index in [0.717, 1.165) is 37.1 Å². The van der Waals surface area contributed by atoms with Crippen LogP contribution in [0.3, 0.4) is 0 Å². The van der Waals surface area contributed by atoms with E-state index in [1.54, 1.807) is 7.11 Å². The van der Waals surface area contributed by atoms with Crippen molar-refractivity contribution in [2.75, 3.05) is 13.7 Å². The highest BCUT2D eigenvalue weighted by Gasteiger charge is 2.27. The van der Waals surface area contributed by atoms with Gasteiger partial charge in [-0.25, -0.2) is 0 Å². The number of hydrogen-bond acceptors (Lipinski definition) is 2. The van der Waals surface area contributed by atoms with Crippen molar-refractivity contribution in [3.05, 3.63) is 41.5 Å². The van der Waals surface area contributed by atoms with Crippen molar-refractivity contribution in [3.8, 4) is 5.75 Å². The summed E-state index contributed by atoms with van der Waals surface area (Å²) < 4.78 is 5.24. The number of ether oxygens (including phenoxy) is 1. The van der Waals surface area contributed by atoms with Gasteiger partial charge in [0, 0.05) is 12.1 Å². The van der Waals surface area contributed by atoms with Crippen LogP contribution in [-0.2, 0) is 4.79 Å². The molecule has 1 unspecified atom stereocenters. The molecule has 1 heterocycles. The van der Waals surface area contributed by atoms with Gasteiger partial charge in [0.2, 0.25) is 5.91 Å². The fraction of sp³-hybridized carbons (Fsp3) is 0.526. The number of carbonyl (C=O) groups is 1. The van der Waals surface area contributed by atoms with Crippen molar-refractivity contribution in [3.63, 3.8) is 0 Å². The highest BCUT2D eigenvalue weighted by atomic mass is 16.5. The Bertz CT molecular complexity index is 519. The second-order valence-electron chi connectivity index (χ2n) is 5.93. The van der Waals surface area contributed by atoms with Gasteiger partial charge in [-0.1, -0.05) is 38.0 Å². The van der Waals surface area contributed by atoms with Crippen LogP contribution < -0.4 is 4.74 Å². The van der Waals surface area contributed by atoms with E-state index in [4.69, 9.17) is 4.74 Å². The van der Waals surface area contributed by atoms with Gasteiger partial charge in [-0.15, -0.1) is 0 Å². The average Bonchev–Trinajstić information content (AvgIpc) is 2.80.